The number of benzene rings is 1. The summed E-state index contributed by atoms with van der Waals surface area (Å²) < 4.78 is 10.1. The molecule has 0 aromatic heterocycles. The van der Waals surface area contributed by atoms with Crippen LogP contribution in [0.1, 0.15) is 5.56 Å². The van der Waals surface area contributed by atoms with E-state index in [1.165, 1.54) is 7.11 Å². The molecule has 0 radical (unpaired) electrons. The van der Waals surface area contributed by atoms with Crippen molar-refractivity contribution in [3.8, 4) is 11.5 Å². The number of hydrogen-bond donors (Lipinski definition) is 2. The van der Waals surface area contributed by atoms with Crippen LogP contribution >= 0.6 is 0 Å². The summed E-state index contributed by atoms with van der Waals surface area (Å²) in [6, 6.07) is 4.96. The molecule has 0 aliphatic carbocycles. The summed E-state index contributed by atoms with van der Waals surface area (Å²) in [6.07, 6.45) is 0. The lowest BCUT2D eigenvalue weighted by Crippen LogP contribution is -2.20. The van der Waals surface area contributed by atoms with Crippen molar-refractivity contribution >= 4 is 5.91 Å². The molecule has 5 heteroatoms. The molecule has 3 N–H and O–H groups in total. The second kappa shape index (κ2) is 5.21. The van der Waals surface area contributed by atoms with Crippen LogP contribution in [0.2, 0.25) is 0 Å². The van der Waals surface area contributed by atoms with Gasteiger partial charge in [-0.1, -0.05) is 6.07 Å². The highest BCUT2D eigenvalue weighted by Gasteiger charge is 2.06. The van der Waals surface area contributed by atoms with E-state index in [1.807, 2.05) is 0 Å². The summed E-state index contributed by atoms with van der Waals surface area (Å²) in [6.45, 7) is -0.317. The second-order valence-corrected chi connectivity index (χ2v) is 2.90. The Morgan fingerprint density at radius 1 is 1.47 bits per heavy atom. The first-order valence-electron chi connectivity index (χ1n) is 4.36. The first kappa shape index (κ1) is 11.3. The van der Waals surface area contributed by atoms with Crippen LogP contribution in [0, 0.1) is 0 Å². The van der Waals surface area contributed by atoms with Crippen LogP contribution in [0.15, 0.2) is 18.2 Å². The maximum Gasteiger partial charge on any atom is 0.255 e. The van der Waals surface area contributed by atoms with Gasteiger partial charge in [0.25, 0.3) is 5.91 Å². The van der Waals surface area contributed by atoms with Crippen molar-refractivity contribution in [3.63, 3.8) is 0 Å². The SMILES string of the molecule is COc1ccc(CO)cc1OCC(N)=O. The van der Waals surface area contributed by atoms with Gasteiger partial charge >= 0.3 is 0 Å². The number of aliphatic hydroxyl groups excluding tert-OH is 1. The van der Waals surface area contributed by atoms with E-state index >= 15 is 0 Å². The molecule has 0 aliphatic heterocycles. The molecule has 1 aromatic carbocycles. The molecule has 0 aliphatic rings. The molecule has 0 fully saturated rings. The molecule has 0 heterocycles. The van der Waals surface area contributed by atoms with Crippen molar-refractivity contribution in [2.45, 2.75) is 6.61 Å². The number of aliphatic hydroxyl groups is 1. The molecule has 15 heavy (non-hydrogen) atoms. The molecule has 0 bridgehead atoms. The molecule has 1 amide bonds. The number of nitrogens with two attached hydrogens (primary N) is 1. The van der Waals surface area contributed by atoms with E-state index in [2.05, 4.69) is 0 Å². The number of carbonyl (C=O) groups excluding carboxylic acids is 1. The zero-order valence-electron chi connectivity index (χ0n) is 8.40. The minimum absolute atomic E-state index is 0.100. The Balaban J connectivity index is 2.85. The molecular weight excluding hydrogens is 198 g/mol. The van der Waals surface area contributed by atoms with Crippen LogP contribution in [0.5, 0.6) is 11.5 Å². The van der Waals surface area contributed by atoms with E-state index in [0.29, 0.717) is 17.1 Å². The molecule has 0 spiro atoms. The Morgan fingerprint density at radius 3 is 2.73 bits per heavy atom. The number of rotatable bonds is 5. The van der Waals surface area contributed by atoms with Crippen molar-refractivity contribution in [1.82, 2.24) is 0 Å². The summed E-state index contributed by atoms with van der Waals surface area (Å²) in [7, 11) is 1.49. The summed E-state index contributed by atoms with van der Waals surface area (Å²) >= 11 is 0. The summed E-state index contributed by atoms with van der Waals surface area (Å²) in [5, 5.41) is 8.92. The minimum Gasteiger partial charge on any atom is -0.493 e. The number of amides is 1. The van der Waals surface area contributed by atoms with Crippen LogP contribution < -0.4 is 15.2 Å². The van der Waals surface area contributed by atoms with Gasteiger partial charge in [-0.05, 0) is 17.7 Å². The van der Waals surface area contributed by atoms with E-state index in [4.69, 9.17) is 20.3 Å². The quantitative estimate of drug-likeness (QED) is 0.721. The Kier molecular flexibility index (Phi) is 3.93. The average molecular weight is 211 g/mol. The van der Waals surface area contributed by atoms with Gasteiger partial charge in [0.05, 0.1) is 13.7 Å². The third-order valence-electron chi connectivity index (χ3n) is 1.78. The predicted octanol–water partition coefficient (Wildman–Crippen LogP) is 0.0516. The van der Waals surface area contributed by atoms with Crippen LogP contribution in [0.4, 0.5) is 0 Å². The van der Waals surface area contributed by atoms with Gasteiger partial charge in [0.15, 0.2) is 18.1 Å². The highest BCUT2D eigenvalue weighted by atomic mass is 16.5. The highest BCUT2D eigenvalue weighted by Crippen LogP contribution is 2.27. The van der Waals surface area contributed by atoms with Gasteiger partial charge in [0.1, 0.15) is 0 Å². The maximum absolute atomic E-state index is 10.5. The van der Waals surface area contributed by atoms with Crippen molar-refractivity contribution < 1.29 is 19.4 Å². The minimum atomic E-state index is -0.563. The van der Waals surface area contributed by atoms with E-state index in [1.54, 1.807) is 18.2 Å². The fourth-order valence-electron chi connectivity index (χ4n) is 1.08. The molecule has 0 atom stereocenters. The Bertz CT molecular complexity index is 351. The van der Waals surface area contributed by atoms with Crippen LogP contribution in [0.3, 0.4) is 0 Å². The average Bonchev–Trinajstić information content (AvgIpc) is 2.25. The van der Waals surface area contributed by atoms with Crippen molar-refractivity contribution in [1.29, 1.82) is 0 Å². The highest BCUT2D eigenvalue weighted by molar-refractivity contribution is 5.75. The number of carbonyl (C=O) groups is 1. The van der Waals surface area contributed by atoms with Gasteiger partial charge in [0.2, 0.25) is 0 Å². The fourth-order valence-corrected chi connectivity index (χ4v) is 1.08. The Morgan fingerprint density at radius 2 is 2.20 bits per heavy atom. The van der Waals surface area contributed by atoms with E-state index in [-0.39, 0.29) is 13.2 Å². The third-order valence-corrected chi connectivity index (χ3v) is 1.78. The van der Waals surface area contributed by atoms with E-state index in [9.17, 15) is 4.79 Å². The van der Waals surface area contributed by atoms with Crippen molar-refractivity contribution in [3.05, 3.63) is 23.8 Å². The van der Waals surface area contributed by atoms with Gasteiger partial charge in [-0.15, -0.1) is 0 Å². The normalized spacial score (nSPS) is 9.73. The first-order valence-corrected chi connectivity index (χ1v) is 4.36. The largest absolute Gasteiger partial charge is 0.493 e. The molecule has 82 valence electrons. The van der Waals surface area contributed by atoms with Crippen LogP contribution in [0.25, 0.3) is 0 Å². The van der Waals surface area contributed by atoms with Crippen LogP contribution in [-0.4, -0.2) is 24.7 Å². The summed E-state index contributed by atoms with van der Waals surface area (Å²) in [5.74, 6) is 0.322. The Hall–Kier alpha value is -1.75. The van der Waals surface area contributed by atoms with Gasteiger partial charge < -0.3 is 20.3 Å². The van der Waals surface area contributed by atoms with E-state index < -0.39 is 5.91 Å². The fraction of sp³-hybridized carbons (Fsp3) is 0.300. The topological polar surface area (TPSA) is 81.8 Å². The summed E-state index contributed by atoms with van der Waals surface area (Å²) in [5.41, 5.74) is 5.62. The van der Waals surface area contributed by atoms with Gasteiger partial charge in [-0.3, -0.25) is 4.79 Å². The molecule has 0 unspecified atom stereocenters. The monoisotopic (exact) mass is 211 g/mol. The first-order chi connectivity index (χ1) is 7.17. The number of ether oxygens (including phenoxy) is 2. The Labute approximate surface area is 87.4 Å². The lowest BCUT2D eigenvalue weighted by Gasteiger charge is -2.10. The second-order valence-electron chi connectivity index (χ2n) is 2.90. The number of hydrogen-bond acceptors (Lipinski definition) is 4. The number of methoxy groups -OCH3 is 1. The van der Waals surface area contributed by atoms with Crippen molar-refractivity contribution in [2.75, 3.05) is 13.7 Å². The molecule has 1 aromatic rings. The molecular formula is C10H13NO4. The predicted molar refractivity (Wildman–Crippen MR) is 53.6 cm³/mol. The van der Waals surface area contributed by atoms with Gasteiger partial charge in [-0.25, -0.2) is 0 Å². The summed E-state index contributed by atoms with van der Waals surface area (Å²) in [4.78, 5) is 10.5. The molecule has 0 saturated heterocycles. The van der Waals surface area contributed by atoms with Gasteiger partial charge in [0, 0.05) is 0 Å². The number of primary amides is 1. The molecule has 5 nitrogen and oxygen atoms in total. The zero-order valence-corrected chi connectivity index (χ0v) is 8.40. The zero-order chi connectivity index (χ0) is 11.3. The lowest BCUT2D eigenvalue weighted by atomic mass is 10.2. The standard InChI is InChI=1S/C10H13NO4/c1-14-8-3-2-7(5-12)4-9(8)15-6-10(11)13/h2-4,12H,5-6H2,1H3,(H2,11,13). The maximum atomic E-state index is 10.5. The lowest BCUT2D eigenvalue weighted by molar-refractivity contribution is -0.119. The van der Waals surface area contributed by atoms with E-state index in [0.717, 1.165) is 0 Å². The van der Waals surface area contributed by atoms with Crippen LogP contribution in [-0.2, 0) is 11.4 Å². The third kappa shape index (κ3) is 3.14. The molecule has 0 saturated carbocycles. The van der Waals surface area contributed by atoms with Crippen molar-refractivity contribution in [2.24, 2.45) is 5.73 Å². The smallest absolute Gasteiger partial charge is 0.255 e. The molecule has 1 rings (SSSR count). The van der Waals surface area contributed by atoms with Gasteiger partial charge in [-0.2, -0.15) is 0 Å².